The highest BCUT2D eigenvalue weighted by molar-refractivity contribution is 5.75. The number of hydrogen-bond acceptors (Lipinski definition) is 5. The van der Waals surface area contributed by atoms with Gasteiger partial charge in [-0.2, -0.15) is 0 Å². The number of ether oxygens (including phenoxy) is 3. The maximum absolute atomic E-state index is 12.2. The van der Waals surface area contributed by atoms with Crippen molar-refractivity contribution in [3.63, 3.8) is 0 Å². The van der Waals surface area contributed by atoms with Gasteiger partial charge in [0, 0.05) is 0 Å². The molecule has 5 nitrogen and oxygen atoms in total. The second-order valence-corrected chi connectivity index (χ2v) is 9.19. The van der Waals surface area contributed by atoms with Gasteiger partial charge in [0.2, 0.25) is 0 Å². The molecule has 2 saturated carbocycles. The monoisotopic (exact) mass is 352 g/mol. The maximum Gasteiger partial charge on any atom is 0.311 e. The van der Waals surface area contributed by atoms with Crippen LogP contribution in [0.5, 0.6) is 0 Å². The van der Waals surface area contributed by atoms with Gasteiger partial charge in [0.05, 0.1) is 24.0 Å². The Labute approximate surface area is 150 Å². The van der Waals surface area contributed by atoms with Crippen molar-refractivity contribution >= 4 is 11.9 Å². The van der Waals surface area contributed by atoms with Gasteiger partial charge < -0.3 is 14.2 Å². The first-order chi connectivity index (χ1) is 11.8. The Hall–Kier alpha value is -1.10. The van der Waals surface area contributed by atoms with Gasteiger partial charge in [-0.1, -0.05) is 13.8 Å². The highest BCUT2D eigenvalue weighted by Gasteiger charge is 2.50. The molecule has 4 bridgehead atoms. The summed E-state index contributed by atoms with van der Waals surface area (Å²) in [5.74, 6) is 1.32. The normalized spacial score (nSPS) is 34.1. The molecule has 2 saturated heterocycles. The third-order valence-corrected chi connectivity index (χ3v) is 5.94. The van der Waals surface area contributed by atoms with Crippen molar-refractivity contribution in [2.75, 3.05) is 13.2 Å². The molecule has 0 aromatic rings. The lowest BCUT2D eigenvalue weighted by Crippen LogP contribution is -2.44. The zero-order chi connectivity index (χ0) is 18.2. The van der Waals surface area contributed by atoms with E-state index in [1.54, 1.807) is 0 Å². The highest BCUT2D eigenvalue weighted by Crippen LogP contribution is 2.48. The number of esters is 2. The Balaban J connectivity index is 1.46. The quantitative estimate of drug-likeness (QED) is 0.519. The Morgan fingerprint density at radius 3 is 2.68 bits per heavy atom. The van der Waals surface area contributed by atoms with Crippen LogP contribution in [0, 0.1) is 29.1 Å². The zero-order valence-electron chi connectivity index (χ0n) is 16.0. The molecule has 0 aromatic heterocycles. The average molecular weight is 352 g/mol. The first-order valence-electron chi connectivity index (χ1n) is 9.75. The molecule has 25 heavy (non-hydrogen) atoms. The molecule has 2 heterocycles. The number of carbonyl (C=O) groups is 2. The first kappa shape index (κ1) is 18.7. The standard InChI is InChI=1S/C20H32O5/c1-12(2)11-20(3,4)19(22)24-6-5-23-17-14-7-13-8-15(10-14)18(21)25-16(17)9-13/h12-17H,5-11H2,1-4H3. The Bertz CT molecular complexity index is 512. The average Bonchev–Trinajstić information content (AvgIpc) is 2.66. The molecule has 4 rings (SSSR count). The fourth-order valence-corrected chi connectivity index (χ4v) is 5.13. The summed E-state index contributed by atoms with van der Waals surface area (Å²) in [6, 6.07) is 0. The maximum atomic E-state index is 12.2. The third kappa shape index (κ3) is 4.18. The zero-order valence-corrected chi connectivity index (χ0v) is 16.0. The molecular weight excluding hydrogens is 320 g/mol. The van der Waals surface area contributed by atoms with E-state index >= 15 is 0 Å². The van der Waals surface area contributed by atoms with E-state index in [4.69, 9.17) is 14.2 Å². The van der Waals surface area contributed by atoms with E-state index in [-0.39, 0.29) is 36.7 Å². The second-order valence-electron chi connectivity index (χ2n) is 9.19. The van der Waals surface area contributed by atoms with Gasteiger partial charge in [-0.15, -0.1) is 0 Å². The molecule has 4 aliphatic rings. The van der Waals surface area contributed by atoms with E-state index in [0.717, 1.165) is 32.1 Å². The molecule has 5 atom stereocenters. The van der Waals surface area contributed by atoms with Crippen LogP contribution in [0.2, 0.25) is 0 Å². The van der Waals surface area contributed by atoms with Crippen molar-refractivity contribution in [3.05, 3.63) is 0 Å². The van der Waals surface area contributed by atoms with Crippen molar-refractivity contribution in [1.82, 2.24) is 0 Å². The van der Waals surface area contributed by atoms with Crippen LogP contribution in [-0.2, 0) is 23.8 Å². The smallest absolute Gasteiger partial charge is 0.311 e. The molecule has 0 spiro atoms. The molecule has 5 heteroatoms. The lowest BCUT2D eigenvalue weighted by atomic mass is 9.67. The number of rotatable bonds is 7. The van der Waals surface area contributed by atoms with Gasteiger partial charge in [0.1, 0.15) is 12.7 Å². The van der Waals surface area contributed by atoms with Crippen LogP contribution in [0.15, 0.2) is 0 Å². The Morgan fingerprint density at radius 1 is 1.20 bits per heavy atom. The van der Waals surface area contributed by atoms with Crippen LogP contribution in [0.4, 0.5) is 0 Å². The van der Waals surface area contributed by atoms with Gasteiger partial charge in [-0.05, 0) is 63.7 Å². The summed E-state index contributed by atoms with van der Waals surface area (Å²) < 4.78 is 17.1. The van der Waals surface area contributed by atoms with Crippen molar-refractivity contribution in [3.8, 4) is 0 Å². The van der Waals surface area contributed by atoms with Crippen LogP contribution >= 0.6 is 0 Å². The van der Waals surface area contributed by atoms with Gasteiger partial charge >= 0.3 is 11.9 Å². The van der Waals surface area contributed by atoms with Gasteiger partial charge in [0.25, 0.3) is 0 Å². The summed E-state index contributed by atoms with van der Waals surface area (Å²) in [4.78, 5) is 24.3. The van der Waals surface area contributed by atoms with Gasteiger partial charge in [0.15, 0.2) is 0 Å². The molecule has 0 radical (unpaired) electrons. The summed E-state index contributed by atoms with van der Waals surface area (Å²) in [7, 11) is 0. The Morgan fingerprint density at radius 2 is 1.96 bits per heavy atom. The molecule has 4 fully saturated rings. The summed E-state index contributed by atoms with van der Waals surface area (Å²) in [5.41, 5.74) is -0.468. The molecule has 5 unspecified atom stereocenters. The van der Waals surface area contributed by atoms with Gasteiger partial charge in [-0.25, -0.2) is 0 Å². The molecule has 0 N–H and O–H groups in total. The van der Waals surface area contributed by atoms with E-state index in [9.17, 15) is 9.59 Å². The topological polar surface area (TPSA) is 61.8 Å². The fourth-order valence-electron chi connectivity index (χ4n) is 5.13. The van der Waals surface area contributed by atoms with E-state index in [1.807, 2.05) is 13.8 Å². The summed E-state index contributed by atoms with van der Waals surface area (Å²) in [6.45, 7) is 8.70. The fraction of sp³-hybridized carbons (Fsp3) is 0.900. The van der Waals surface area contributed by atoms with Crippen molar-refractivity contribution < 1.29 is 23.8 Å². The van der Waals surface area contributed by atoms with Crippen LogP contribution in [-0.4, -0.2) is 37.4 Å². The minimum absolute atomic E-state index is 0.0344. The summed E-state index contributed by atoms with van der Waals surface area (Å²) in [5, 5.41) is 0. The van der Waals surface area contributed by atoms with E-state index in [0.29, 0.717) is 24.4 Å². The predicted molar refractivity (Wildman–Crippen MR) is 92.8 cm³/mol. The van der Waals surface area contributed by atoms with E-state index in [1.165, 1.54) is 0 Å². The van der Waals surface area contributed by atoms with Gasteiger partial charge in [-0.3, -0.25) is 9.59 Å². The number of fused-ring (bicyclic) bond motifs is 1. The van der Waals surface area contributed by atoms with Crippen molar-refractivity contribution in [2.45, 2.75) is 72.0 Å². The first-order valence-corrected chi connectivity index (χ1v) is 9.75. The second kappa shape index (κ2) is 7.26. The molecule has 142 valence electrons. The van der Waals surface area contributed by atoms with Crippen LogP contribution < -0.4 is 0 Å². The van der Waals surface area contributed by atoms with Crippen LogP contribution in [0.25, 0.3) is 0 Å². The lowest BCUT2D eigenvalue weighted by molar-refractivity contribution is -0.165. The third-order valence-electron chi connectivity index (χ3n) is 5.94. The van der Waals surface area contributed by atoms with E-state index in [2.05, 4.69) is 13.8 Å². The molecule has 0 aromatic carbocycles. The Kier molecular flexibility index (Phi) is 5.42. The molecule has 2 aliphatic heterocycles. The molecule has 2 aliphatic carbocycles. The van der Waals surface area contributed by atoms with Crippen LogP contribution in [0.1, 0.15) is 59.8 Å². The minimum Gasteiger partial charge on any atom is -0.463 e. The van der Waals surface area contributed by atoms with Crippen molar-refractivity contribution in [2.24, 2.45) is 29.1 Å². The van der Waals surface area contributed by atoms with Crippen molar-refractivity contribution in [1.29, 1.82) is 0 Å². The molecule has 0 amide bonds. The SMILES string of the molecule is CC(C)CC(C)(C)C(=O)OCCOC1C2CC3CC(C2)C(=O)OC1C3. The summed E-state index contributed by atoms with van der Waals surface area (Å²) >= 11 is 0. The lowest BCUT2D eigenvalue weighted by Gasteiger charge is -2.41. The highest BCUT2D eigenvalue weighted by atomic mass is 16.6. The molecular formula is C20H32O5. The summed E-state index contributed by atoms with van der Waals surface area (Å²) in [6.07, 6.45) is 4.58. The number of hydrogen-bond donors (Lipinski definition) is 0. The minimum atomic E-state index is -0.468. The number of carbonyl (C=O) groups excluding carboxylic acids is 2. The van der Waals surface area contributed by atoms with E-state index < -0.39 is 5.41 Å². The largest absolute Gasteiger partial charge is 0.463 e. The van der Waals surface area contributed by atoms with Crippen LogP contribution in [0.3, 0.4) is 0 Å². The predicted octanol–water partition coefficient (Wildman–Crippen LogP) is 3.35.